The lowest BCUT2D eigenvalue weighted by atomic mass is 10.0. The molecule has 0 N–H and O–H groups in total. The normalized spacial score (nSPS) is 20.5. The molecule has 0 unspecified atom stereocenters. The second-order valence-corrected chi connectivity index (χ2v) is 9.84. The second kappa shape index (κ2) is 6.56. The van der Waals surface area contributed by atoms with Gasteiger partial charge in [-0.1, -0.05) is 6.07 Å². The van der Waals surface area contributed by atoms with Gasteiger partial charge in [-0.25, -0.2) is 8.42 Å². The number of hydrogen-bond donors (Lipinski definition) is 0. The number of piperazine rings is 1. The van der Waals surface area contributed by atoms with Crippen molar-refractivity contribution in [2.24, 2.45) is 5.92 Å². The Labute approximate surface area is 159 Å². The second-order valence-electron chi connectivity index (χ2n) is 8.04. The van der Waals surface area contributed by atoms with Crippen LogP contribution in [0.5, 0.6) is 0 Å². The van der Waals surface area contributed by atoms with Gasteiger partial charge in [0.15, 0.2) is 4.90 Å². The number of nitro groups is 1. The highest BCUT2D eigenvalue weighted by molar-refractivity contribution is 7.89. The Morgan fingerprint density at radius 1 is 1.22 bits per heavy atom. The lowest BCUT2D eigenvalue weighted by Gasteiger charge is -2.46. The first kappa shape index (κ1) is 19.8. The van der Waals surface area contributed by atoms with E-state index in [2.05, 4.69) is 0 Å². The van der Waals surface area contributed by atoms with Crippen LogP contribution in [-0.2, 0) is 14.8 Å². The predicted octanol–water partition coefficient (Wildman–Crippen LogP) is 2.23. The van der Waals surface area contributed by atoms with Gasteiger partial charge in [-0.3, -0.25) is 14.9 Å². The summed E-state index contributed by atoms with van der Waals surface area (Å²) in [5.41, 5.74) is -0.201. The number of sulfonamides is 1. The molecule has 0 spiro atoms. The van der Waals surface area contributed by atoms with Crippen molar-refractivity contribution in [2.45, 2.75) is 51.0 Å². The molecule has 1 saturated carbocycles. The van der Waals surface area contributed by atoms with Crippen molar-refractivity contribution in [3.05, 3.63) is 33.4 Å². The van der Waals surface area contributed by atoms with Crippen molar-refractivity contribution in [3.8, 4) is 0 Å². The van der Waals surface area contributed by atoms with Crippen LogP contribution in [0.1, 0.15) is 37.8 Å². The first-order valence-corrected chi connectivity index (χ1v) is 10.5. The van der Waals surface area contributed by atoms with E-state index in [1.54, 1.807) is 38.7 Å². The van der Waals surface area contributed by atoms with E-state index in [1.807, 2.05) is 0 Å². The molecule has 27 heavy (non-hydrogen) atoms. The van der Waals surface area contributed by atoms with E-state index < -0.39 is 26.2 Å². The molecule has 1 aliphatic heterocycles. The number of hydrogen-bond acceptors (Lipinski definition) is 5. The fourth-order valence-corrected chi connectivity index (χ4v) is 5.92. The molecule has 1 aliphatic carbocycles. The number of nitro benzene ring substituents is 1. The zero-order valence-electron chi connectivity index (χ0n) is 16.1. The average molecular weight is 395 g/mol. The topological polar surface area (TPSA) is 101 Å². The molecule has 0 aromatic heterocycles. The maximum atomic E-state index is 13.4. The molecule has 1 amide bonds. The van der Waals surface area contributed by atoms with Crippen LogP contribution in [0.15, 0.2) is 17.0 Å². The third kappa shape index (κ3) is 3.45. The number of amides is 1. The Morgan fingerprint density at radius 2 is 1.85 bits per heavy atom. The van der Waals surface area contributed by atoms with Crippen LogP contribution in [0.3, 0.4) is 0 Å². The summed E-state index contributed by atoms with van der Waals surface area (Å²) < 4.78 is 28.2. The zero-order chi connectivity index (χ0) is 20.1. The maximum absolute atomic E-state index is 13.4. The van der Waals surface area contributed by atoms with E-state index in [0.717, 1.165) is 12.8 Å². The predicted molar refractivity (Wildman–Crippen MR) is 99.8 cm³/mol. The first-order chi connectivity index (χ1) is 12.5. The van der Waals surface area contributed by atoms with Crippen molar-refractivity contribution in [1.29, 1.82) is 0 Å². The van der Waals surface area contributed by atoms with E-state index in [9.17, 15) is 23.3 Å². The van der Waals surface area contributed by atoms with Crippen molar-refractivity contribution < 1.29 is 18.1 Å². The fourth-order valence-electron chi connectivity index (χ4n) is 3.72. The molecular weight excluding hydrogens is 370 g/mol. The molecule has 2 aliphatic rings. The van der Waals surface area contributed by atoms with Crippen LogP contribution < -0.4 is 0 Å². The van der Waals surface area contributed by atoms with Gasteiger partial charge in [0, 0.05) is 37.2 Å². The summed E-state index contributed by atoms with van der Waals surface area (Å²) in [4.78, 5) is 24.7. The minimum absolute atomic E-state index is 0.0732. The van der Waals surface area contributed by atoms with Crippen LogP contribution in [0.4, 0.5) is 5.69 Å². The van der Waals surface area contributed by atoms with E-state index in [1.165, 1.54) is 10.4 Å². The summed E-state index contributed by atoms with van der Waals surface area (Å²) in [5, 5.41) is 11.5. The van der Waals surface area contributed by atoms with E-state index in [0.29, 0.717) is 17.7 Å². The molecule has 3 rings (SSSR count). The quantitative estimate of drug-likeness (QED) is 0.575. The summed E-state index contributed by atoms with van der Waals surface area (Å²) in [7, 11) is -4.10. The summed E-state index contributed by atoms with van der Waals surface area (Å²) in [6.45, 7) is 7.54. The number of nitrogens with zero attached hydrogens (tertiary/aromatic N) is 3. The van der Waals surface area contributed by atoms with Crippen molar-refractivity contribution >= 4 is 21.6 Å². The molecule has 9 heteroatoms. The number of carbonyl (C=O) groups excluding carboxylic acids is 1. The SMILES string of the molecule is Cc1ccc([N+](=O)[O-])c(S(=O)(=O)N2CCN(C(=O)C3CC3)CC2(C)C)c1C. The molecule has 0 bridgehead atoms. The zero-order valence-corrected chi connectivity index (χ0v) is 16.9. The minimum Gasteiger partial charge on any atom is -0.339 e. The van der Waals surface area contributed by atoms with Gasteiger partial charge in [0.25, 0.3) is 15.7 Å². The molecular formula is C18H25N3O5S. The average Bonchev–Trinajstić information content (AvgIpc) is 3.39. The molecule has 2 fully saturated rings. The van der Waals surface area contributed by atoms with Gasteiger partial charge < -0.3 is 4.90 Å². The molecule has 1 saturated heterocycles. The molecule has 1 aromatic rings. The van der Waals surface area contributed by atoms with Crippen LogP contribution in [0.2, 0.25) is 0 Å². The van der Waals surface area contributed by atoms with E-state index in [4.69, 9.17) is 0 Å². The summed E-state index contributed by atoms with van der Waals surface area (Å²) >= 11 is 0. The van der Waals surface area contributed by atoms with Crippen molar-refractivity contribution in [1.82, 2.24) is 9.21 Å². The summed E-state index contributed by atoms with van der Waals surface area (Å²) in [6, 6.07) is 2.80. The van der Waals surface area contributed by atoms with Gasteiger partial charge >= 0.3 is 0 Å². The third-order valence-corrected chi connectivity index (χ3v) is 7.75. The number of rotatable bonds is 4. The van der Waals surface area contributed by atoms with Gasteiger partial charge in [0.2, 0.25) is 5.91 Å². The fraction of sp³-hybridized carbons (Fsp3) is 0.611. The molecule has 0 radical (unpaired) electrons. The Morgan fingerprint density at radius 3 is 2.37 bits per heavy atom. The molecule has 1 heterocycles. The number of benzene rings is 1. The van der Waals surface area contributed by atoms with E-state index in [-0.39, 0.29) is 29.8 Å². The lowest BCUT2D eigenvalue weighted by molar-refractivity contribution is -0.388. The maximum Gasteiger partial charge on any atom is 0.289 e. The smallest absolute Gasteiger partial charge is 0.289 e. The standard InChI is InChI=1S/C18H25N3O5S/c1-12-5-8-15(21(23)24)16(13(12)2)27(25,26)20-10-9-19(11-18(20,3)4)17(22)14-6-7-14/h5,8,14H,6-7,9-11H2,1-4H3. The monoisotopic (exact) mass is 395 g/mol. The summed E-state index contributed by atoms with van der Waals surface area (Å²) in [6.07, 6.45) is 1.79. The van der Waals surface area contributed by atoms with Gasteiger partial charge in [-0.15, -0.1) is 0 Å². The Bertz CT molecular complexity index is 906. The van der Waals surface area contributed by atoms with Crippen molar-refractivity contribution in [3.63, 3.8) is 0 Å². The Balaban J connectivity index is 2.00. The summed E-state index contributed by atoms with van der Waals surface area (Å²) in [5.74, 6) is 0.155. The molecule has 148 valence electrons. The highest BCUT2D eigenvalue weighted by Gasteiger charge is 2.47. The van der Waals surface area contributed by atoms with Gasteiger partial charge in [0.05, 0.1) is 4.92 Å². The largest absolute Gasteiger partial charge is 0.339 e. The molecule has 0 atom stereocenters. The first-order valence-electron chi connectivity index (χ1n) is 9.03. The van der Waals surface area contributed by atoms with Crippen LogP contribution >= 0.6 is 0 Å². The van der Waals surface area contributed by atoms with Crippen LogP contribution in [-0.4, -0.2) is 53.6 Å². The molecule has 1 aromatic carbocycles. The highest BCUT2D eigenvalue weighted by atomic mass is 32.2. The Hall–Kier alpha value is -2.00. The third-order valence-electron chi connectivity index (χ3n) is 5.46. The Kier molecular flexibility index (Phi) is 4.80. The van der Waals surface area contributed by atoms with Gasteiger partial charge in [0.1, 0.15) is 0 Å². The lowest BCUT2D eigenvalue weighted by Crippen LogP contribution is -2.62. The van der Waals surface area contributed by atoms with Crippen LogP contribution in [0, 0.1) is 29.9 Å². The highest BCUT2D eigenvalue weighted by Crippen LogP contribution is 2.37. The van der Waals surface area contributed by atoms with Gasteiger partial charge in [-0.05, 0) is 51.7 Å². The van der Waals surface area contributed by atoms with E-state index >= 15 is 0 Å². The van der Waals surface area contributed by atoms with Gasteiger partial charge in [-0.2, -0.15) is 4.31 Å². The van der Waals surface area contributed by atoms with Crippen molar-refractivity contribution in [2.75, 3.05) is 19.6 Å². The number of carbonyl (C=O) groups is 1. The molecule has 8 nitrogen and oxygen atoms in total. The van der Waals surface area contributed by atoms with Crippen LogP contribution in [0.25, 0.3) is 0 Å². The number of aryl methyl sites for hydroxylation is 1. The minimum atomic E-state index is -4.10.